The van der Waals surface area contributed by atoms with Gasteiger partial charge in [-0.05, 0) is 54.6 Å². The highest BCUT2D eigenvalue weighted by Gasteiger charge is 2.37. The summed E-state index contributed by atoms with van der Waals surface area (Å²) in [6, 6.07) is 10.1. The average molecular weight is 436 g/mol. The van der Waals surface area contributed by atoms with Crippen molar-refractivity contribution in [2.75, 3.05) is 5.32 Å². The Labute approximate surface area is 172 Å². The van der Waals surface area contributed by atoms with Crippen molar-refractivity contribution in [1.29, 1.82) is 0 Å². The highest BCUT2D eigenvalue weighted by atomic mass is 19.4. The fourth-order valence-electron chi connectivity index (χ4n) is 2.70. The third-order valence-electron chi connectivity index (χ3n) is 4.09. The lowest BCUT2D eigenvalue weighted by Crippen LogP contribution is -2.20. The van der Waals surface area contributed by atoms with Crippen molar-refractivity contribution in [2.24, 2.45) is 5.73 Å². The molecule has 0 aromatic heterocycles. The maximum absolute atomic E-state index is 13.6. The van der Waals surface area contributed by atoms with Gasteiger partial charge in [0.05, 0.1) is 16.7 Å². The summed E-state index contributed by atoms with van der Waals surface area (Å²) in [7, 11) is 0. The number of alkyl halides is 3. The molecule has 0 aliphatic carbocycles. The van der Waals surface area contributed by atoms with Gasteiger partial charge >= 0.3 is 6.18 Å². The Balaban J connectivity index is 2.03. The molecule has 3 N–H and O–H groups in total. The number of amides is 2. The lowest BCUT2D eigenvalue weighted by molar-refractivity contribution is -0.138. The Hall–Kier alpha value is -3.95. The van der Waals surface area contributed by atoms with Gasteiger partial charge in [0.25, 0.3) is 11.8 Å². The molecule has 160 valence electrons. The van der Waals surface area contributed by atoms with E-state index in [1.165, 1.54) is 12.1 Å². The minimum absolute atomic E-state index is 0.00688. The third kappa shape index (κ3) is 4.97. The zero-order valence-electron chi connectivity index (χ0n) is 15.5. The Kier molecular flexibility index (Phi) is 5.91. The molecule has 0 fully saturated rings. The SMILES string of the molecule is NC(=O)c1cc(NC(=O)c2c(Oc3ccc(F)cc3)cccc2C(F)(F)F)ccc1F. The summed E-state index contributed by atoms with van der Waals surface area (Å²) in [4.78, 5) is 24.0. The van der Waals surface area contributed by atoms with Crippen LogP contribution in [0.25, 0.3) is 0 Å². The standard InChI is InChI=1S/C21H13F5N2O3/c22-11-4-7-13(8-5-11)31-17-3-1-2-15(21(24,25)26)18(17)20(30)28-12-6-9-16(23)14(10-12)19(27)29/h1-10H,(H2,27,29)(H,28,30). The number of nitrogens with two attached hydrogens (primary N) is 1. The van der Waals surface area contributed by atoms with E-state index in [1.54, 1.807) is 0 Å². The van der Waals surface area contributed by atoms with E-state index in [-0.39, 0.29) is 11.4 Å². The van der Waals surface area contributed by atoms with Crippen LogP contribution in [0.4, 0.5) is 27.6 Å². The fraction of sp³-hybridized carbons (Fsp3) is 0.0476. The van der Waals surface area contributed by atoms with Crippen LogP contribution in [0.1, 0.15) is 26.3 Å². The smallest absolute Gasteiger partial charge is 0.417 e. The highest BCUT2D eigenvalue weighted by Crippen LogP contribution is 2.38. The lowest BCUT2D eigenvalue weighted by atomic mass is 10.0. The van der Waals surface area contributed by atoms with Gasteiger partial charge in [0.15, 0.2) is 0 Å². The molecule has 5 nitrogen and oxygen atoms in total. The zero-order valence-corrected chi connectivity index (χ0v) is 15.5. The molecule has 0 radical (unpaired) electrons. The van der Waals surface area contributed by atoms with Gasteiger partial charge in [0, 0.05) is 5.69 Å². The Morgan fingerprint density at radius 3 is 2.23 bits per heavy atom. The number of hydrogen-bond acceptors (Lipinski definition) is 3. The molecule has 0 bridgehead atoms. The van der Waals surface area contributed by atoms with Gasteiger partial charge < -0.3 is 15.8 Å². The van der Waals surface area contributed by atoms with Gasteiger partial charge in [-0.25, -0.2) is 8.78 Å². The second kappa shape index (κ2) is 8.42. The molecule has 0 unspecified atom stereocenters. The highest BCUT2D eigenvalue weighted by molar-refractivity contribution is 6.08. The summed E-state index contributed by atoms with van der Waals surface area (Å²) in [5.41, 5.74) is 2.18. The van der Waals surface area contributed by atoms with Crippen LogP contribution in [0.5, 0.6) is 11.5 Å². The van der Waals surface area contributed by atoms with E-state index in [0.717, 1.165) is 42.5 Å². The van der Waals surface area contributed by atoms with Gasteiger partial charge in [-0.3, -0.25) is 9.59 Å². The van der Waals surface area contributed by atoms with E-state index in [4.69, 9.17) is 10.5 Å². The van der Waals surface area contributed by atoms with Crippen molar-refractivity contribution < 1.29 is 36.3 Å². The molecule has 3 aromatic carbocycles. The number of benzene rings is 3. The first-order valence-corrected chi connectivity index (χ1v) is 8.60. The number of carbonyl (C=O) groups is 2. The molecule has 0 aliphatic rings. The normalized spacial score (nSPS) is 11.1. The Morgan fingerprint density at radius 2 is 1.61 bits per heavy atom. The second-order valence-electron chi connectivity index (χ2n) is 6.25. The largest absolute Gasteiger partial charge is 0.457 e. The molecule has 0 atom stereocenters. The minimum atomic E-state index is -4.91. The van der Waals surface area contributed by atoms with Gasteiger partial charge in [0.2, 0.25) is 0 Å². The quantitative estimate of drug-likeness (QED) is 0.545. The van der Waals surface area contributed by atoms with Crippen molar-refractivity contribution in [3.05, 3.63) is 89.0 Å². The molecule has 3 rings (SSSR count). The number of rotatable bonds is 5. The molecule has 3 aromatic rings. The average Bonchev–Trinajstić information content (AvgIpc) is 2.70. The van der Waals surface area contributed by atoms with Crippen LogP contribution in [-0.2, 0) is 6.18 Å². The molecule has 0 heterocycles. The van der Waals surface area contributed by atoms with Crippen LogP contribution in [-0.4, -0.2) is 11.8 Å². The van der Waals surface area contributed by atoms with Crippen LogP contribution in [0.3, 0.4) is 0 Å². The molecule has 0 aliphatic heterocycles. The molecular weight excluding hydrogens is 423 g/mol. The summed E-state index contributed by atoms with van der Waals surface area (Å²) >= 11 is 0. The number of halogens is 5. The van der Waals surface area contributed by atoms with Gasteiger partial charge in [-0.2, -0.15) is 13.2 Å². The van der Waals surface area contributed by atoms with Crippen molar-refractivity contribution >= 4 is 17.5 Å². The second-order valence-corrected chi connectivity index (χ2v) is 6.25. The minimum Gasteiger partial charge on any atom is -0.457 e. The van der Waals surface area contributed by atoms with Crippen LogP contribution >= 0.6 is 0 Å². The van der Waals surface area contributed by atoms with Crippen molar-refractivity contribution in [3.63, 3.8) is 0 Å². The number of anilines is 1. The van der Waals surface area contributed by atoms with E-state index in [9.17, 15) is 31.5 Å². The summed E-state index contributed by atoms with van der Waals surface area (Å²) < 4.78 is 72.7. The summed E-state index contributed by atoms with van der Waals surface area (Å²) in [6.45, 7) is 0. The predicted molar refractivity (Wildman–Crippen MR) is 101 cm³/mol. The number of primary amides is 1. The molecule has 0 spiro atoms. The molecule has 0 saturated heterocycles. The maximum atomic E-state index is 13.6. The van der Waals surface area contributed by atoms with Gasteiger partial charge in [-0.1, -0.05) is 6.07 Å². The van der Waals surface area contributed by atoms with Gasteiger partial charge in [-0.15, -0.1) is 0 Å². The van der Waals surface area contributed by atoms with Crippen molar-refractivity contribution in [2.45, 2.75) is 6.18 Å². The number of carbonyl (C=O) groups excluding carboxylic acids is 2. The van der Waals surface area contributed by atoms with Crippen molar-refractivity contribution in [3.8, 4) is 11.5 Å². The zero-order chi connectivity index (χ0) is 22.8. The number of nitrogens with one attached hydrogen (secondary N) is 1. The van der Waals surface area contributed by atoms with Crippen LogP contribution < -0.4 is 15.8 Å². The van der Waals surface area contributed by atoms with E-state index >= 15 is 0 Å². The number of hydrogen-bond donors (Lipinski definition) is 2. The summed E-state index contributed by atoms with van der Waals surface area (Å²) in [5.74, 6) is -4.35. The summed E-state index contributed by atoms with van der Waals surface area (Å²) in [5, 5.41) is 2.18. The van der Waals surface area contributed by atoms with E-state index in [2.05, 4.69) is 5.32 Å². The lowest BCUT2D eigenvalue weighted by Gasteiger charge is -2.17. The van der Waals surface area contributed by atoms with E-state index in [0.29, 0.717) is 6.07 Å². The molecule has 0 saturated carbocycles. The Bertz CT molecular complexity index is 1140. The van der Waals surface area contributed by atoms with E-state index in [1.807, 2.05) is 0 Å². The van der Waals surface area contributed by atoms with Crippen LogP contribution in [0, 0.1) is 11.6 Å². The first-order valence-electron chi connectivity index (χ1n) is 8.60. The molecule has 31 heavy (non-hydrogen) atoms. The first kappa shape index (κ1) is 21.8. The molecular formula is C21H13F5N2O3. The first-order chi connectivity index (χ1) is 14.6. The topological polar surface area (TPSA) is 81.4 Å². The van der Waals surface area contributed by atoms with E-state index < -0.39 is 52.1 Å². The van der Waals surface area contributed by atoms with Crippen LogP contribution in [0.2, 0.25) is 0 Å². The van der Waals surface area contributed by atoms with Crippen molar-refractivity contribution in [1.82, 2.24) is 0 Å². The molecule has 2 amide bonds. The Morgan fingerprint density at radius 1 is 0.935 bits per heavy atom. The fourth-order valence-corrected chi connectivity index (χ4v) is 2.70. The van der Waals surface area contributed by atoms with Gasteiger partial charge in [0.1, 0.15) is 23.1 Å². The predicted octanol–water partition coefficient (Wildman–Crippen LogP) is 5.13. The summed E-state index contributed by atoms with van der Waals surface area (Å²) in [6.07, 6.45) is -4.91. The monoisotopic (exact) mass is 436 g/mol. The number of ether oxygens (including phenoxy) is 1. The molecule has 10 heteroatoms. The maximum Gasteiger partial charge on any atom is 0.417 e. The third-order valence-corrected chi connectivity index (χ3v) is 4.09. The van der Waals surface area contributed by atoms with Crippen LogP contribution in [0.15, 0.2) is 60.7 Å².